The van der Waals surface area contributed by atoms with E-state index in [0.717, 1.165) is 28.2 Å². The van der Waals surface area contributed by atoms with E-state index >= 15 is 0 Å². The van der Waals surface area contributed by atoms with Gasteiger partial charge in [-0.1, -0.05) is 12.1 Å². The van der Waals surface area contributed by atoms with Crippen molar-refractivity contribution in [2.45, 2.75) is 18.9 Å². The largest absolute Gasteiger partial charge is 0.376 e. The molecule has 3 rings (SSSR count). The Labute approximate surface area is 160 Å². The first kappa shape index (κ1) is 18.8. The van der Waals surface area contributed by atoms with Crippen molar-refractivity contribution < 1.29 is 14.5 Å². The van der Waals surface area contributed by atoms with Gasteiger partial charge in [0.1, 0.15) is 11.6 Å². The van der Waals surface area contributed by atoms with Gasteiger partial charge in [-0.25, -0.2) is 0 Å². The Morgan fingerprint density at radius 1 is 1.44 bits per heavy atom. The molecule has 1 aliphatic heterocycles. The molecule has 0 aliphatic carbocycles. The zero-order valence-corrected chi connectivity index (χ0v) is 15.2. The number of carbonyl (C=O) groups excluding carboxylic acids is 1. The van der Waals surface area contributed by atoms with E-state index in [1.807, 2.05) is 12.1 Å². The number of non-ortho nitro benzene ring substituents is 1. The highest BCUT2D eigenvalue weighted by Crippen LogP contribution is 2.31. The van der Waals surface area contributed by atoms with Crippen molar-refractivity contribution in [3.05, 3.63) is 57.0 Å². The number of nitriles is 1. The maximum Gasteiger partial charge on any atom is 0.270 e. The molecule has 138 valence electrons. The number of amides is 1. The summed E-state index contributed by atoms with van der Waals surface area (Å²) in [6, 6.07) is 11.9. The van der Waals surface area contributed by atoms with E-state index in [1.165, 1.54) is 29.5 Å². The number of nitro groups is 1. The van der Waals surface area contributed by atoms with Crippen LogP contribution in [0.5, 0.6) is 0 Å². The molecule has 1 fully saturated rings. The third-order valence-corrected chi connectivity index (χ3v) is 5.22. The van der Waals surface area contributed by atoms with Crippen LogP contribution in [0, 0.1) is 21.4 Å². The molecule has 0 radical (unpaired) electrons. The lowest BCUT2D eigenvalue weighted by atomic mass is 10.1. The van der Waals surface area contributed by atoms with Crippen LogP contribution in [0.3, 0.4) is 0 Å². The van der Waals surface area contributed by atoms with Gasteiger partial charge in [-0.05, 0) is 36.6 Å². The van der Waals surface area contributed by atoms with Crippen LogP contribution < -0.4 is 5.32 Å². The molecule has 7 nitrogen and oxygen atoms in total. The zero-order valence-electron chi connectivity index (χ0n) is 14.4. The number of nitro benzene ring substituents is 1. The molecule has 1 saturated heterocycles. The van der Waals surface area contributed by atoms with Crippen molar-refractivity contribution >= 4 is 29.0 Å². The summed E-state index contributed by atoms with van der Waals surface area (Å²) in [4.78, 5) is 24.2. The molecule has 1 aromatic heterocycles. The van der Waals surface area contributed by atoms with Gasteiger partial charge in [0.2, 0.25) is 0 Å². The van der Waals surface area contributed by atoms with Gasteiger partial charge in [-0.2, -0.15) is 5.26 Å². The Balaban J connectivity index is 1.72. The molecule has 8 heteroatoms. The minimum absolute atomic E-state index is 0.0103. The normalized spacial score (nSPS) is 16.7. The summed E-state index contributed by atoms with van der Waals surface area (Å²) in [5.74, 6) is -0.432. The summed E-state index contributed by atoms with van der Waals surface area (Å²) in [7, 11) is 0. The Morgan fingerprint density at radius 2 is 2.30 bits per heavy atom. The Morgan fingerprint density at radius 3 is 3.00 bits per heavy atom. The lowest BCUT2D eigenvalue weighted by Crippen LogP contribution is -2.32. The zero-order chi connectivity index (χ0) is 19.2. The lowest BCUT2D eigenvalue weighted by molar-refractivity contribution is -0.384. The van der Waals surface area contributed by atoms with Crippen molar-refractivity contribution in [1.82, 2.24) is 5.32 Å². The van der Waals surface area contributed by atoms with Gasteiger partial charge >= 0.3 is 0 Å². The molecule has 1 aromatic carbocycles. The molecule has 0 bridgehead atoms. The Kier molecular flexibility index (Phi) is 5.96. The predicted octanol–water partition coefficient (Wildman–Crippen LogP) is 3.53. The third kappa shape index (κ3) is 4.78. The number of thiophene rings is 1. The topological polar surface area (TPSA) is 105 Å². The summed E-state index contributed by atoms with van der Waals surface area (Å²) >= 11 is 1.36. The van der Waals surface area contributed by atoms with E-state index < -0.39 is 10.8 Å². The van der Waals surface area contributed by atoms with E-state index in [2.05, 4.69) is 5.32 Å². The molecule has 27 heavy (non-hydrogen) atoms. The second-order valence-corrected chi connectivity index (χ2v) is 7.14. The van der Waals surface area contributed by atoms with Gasteiger partial charge < -0.3 is 10.1 Å². The first-order chi connectivity index (χ1) is 13.1. The van der Waals surface area contributed by atoms with Gasteiger partial charge in [0.05, 0.1) is 11.0 Å². The van der Waals surface area contributed by atoms with Crippen molar-refractivity contribution in [2.75, 3.05) is 13.2 Å². The smallest absolute Gasteiger partial charge is 0.270 e. The van der Waals surface area contributed by atoms with E-state index in [0.29, 0.717) is 13.2 Å². The Bertz CT molecular complexity index is 923. The van der Waals surface area contributed by atoms with Gasteiger partial charge in [0.15, 0.2) is 0 Å². The monoisotopic (exact) mass is 383 g/mol. The summed E-state index contributed by atoms with van der Waals surface area (Å²) in [5.41, 5.74) is 0.750. The van der Waals surface area contributed by atoms with Gasteiger partial charge in [-0.15, -0.1) is 11.3 Å². The molecule has 2 aromatic rings. The van der Waals surface area contributed by atoms with E-state index in [9.17, 15) is 20.2 Å². The SMILES string of the molecule is N#C/C(=C\c1ccc(-c2cccc([N+](=O)[O-])c2)s1)C(=O)NCC1CCCO1. The Hall–Kier alpha value is -3.02. The second-order valence-electron chi connectivity index (χ2n) is 6.02. The summed E-state index contributed by atoms with van der Waals surface area (Å²) in [5, 5.41) is 22.9. The molecule has 1 unspecified atom stereocenters. The minimum atomic E-state index is -0.440. The quantitative estimate of drug-likeness (QED) is 0.356. The van der Waals surface area contributed by atoms with Crippen LogP contribution in [-0.4, -0.2) is 30.1 Å². The maximum atomic E-state index is 12.2. The number of rotatable bonds is 6. The molecule has 1 atom stereocenters. The van der Waals surface area contributed by atoms with E-state index in [1.54, 1.807) is 18.2 Å². The van der Waals surface area contributed by atoms with Crippen molar-refractivity contribution in [3.8, 4) is 16.5 Å². The highest BCUT2D eigenvalue weighted by molar-refractivity contribution is 7.16. The van der Waals surface area contributed by atoms with Gasteiger partial charge in [0.25, 0.3) is 11.6 Å². The summed E-state index contributed by atoms with van der Waals surface area (Å²) < 4.78 is 5.45. The van der Waals surface area contributed by atoms with Crippen LogP contribution >= 0.6 is 11.3 Å². The highest BCUT2D eigenvalue weighted by atomic mass is 32.1. The number of nitrogens with one attached hydrogen (secondary N) is 1. The van der Waals surface area contributed by atoms with Crippen molar-refractivity contribution in [2.24, 2.45) is 0 Å². The fourth-order valence-electron chi connectivity index (χ4n) is 2.76. The van der Waals surface area contributed by atoms with Crippen LogP contribution in [0.25, 0.3) is 16.5 Å². The molecule has 1 N–H and O–H groups in total. The number of carbonyl (C=O) groups is 1. The van der Waals surface area contributed by atoms with Crippen LogP contribution in [0.2, 0.25) is 0 Å². The maximum absolute atomic E-state index is 12.2. The first-order valence-electron chi connectivity index (χ1n) is 8.43. The number of hydrogen-bond donors (Lipinski definition) is 1. The molecule has 1 amide bonds. The summed E-state index contributed by atoms with van der Waals surface area (Å²) in [6.07, 6.45) is 3.42. The molecular weight excluding hydrogens is 366 g/mol. The average molecular weight is 383 g/mol. The second kappa shape index (κ2) is 8.58. The fraction of sp³-hybridized carbons (Fsp3) is 0.263. The third-order valence-electron chi connectivity index (χ3n) is 4.13. The van der Waals surface area contributed by atoms with E-state index in [-0.39, 0.29) is 17.4 Å². The van der Waals surface area contributed by atoms with Crippen molar-refractivity contribution in [1.29, 1.82) is 5.26 Å². The average Bonchev–Trinajstić information content (AvgIpc) is 3.36. The van der Waals surface area contributed by atoms with E-state index in [4.69, 9.17) is 4.74 Å². The fourth-order valence-corrected chi connectivity index (χ4v) is 3.70. The summed E-state index contributed by atoms with van der Waals surface area (Å²) in [6.45, 7) is 1.10. The molecular formula is C19H17N3O4S. The first-order valence-corrected chi connectivity index (χ1v) is 9.25. The van der Waals surface area contributed by atoms with Gasteiger partial charge in [0, 0.05) is 35.0 Å². The number of benzene rings is 1. The molecule has 2 heterocycles. The van der Waals surface area contributed by atoms with Crippen molar-refractivity contribution in [3.63, 3.8) is 0 Å². The molecule has 1 aliphatic rings. The minimum Gasteiger partial charge on any atom is -0.376 e. The number of hydrogen-bond acceptors (Lipinski definition) is 6. The standard InChI is InChI=1S/C19H17N3O4S/c20-11-14(19(23)21-12-16-5-2-8-26-16)10-17-6-7-18(27-17)13-3-1-4-15(9-13)22(24)25/h1,3-4,6-7,9-10,16H,2,5,8,12H2,(H,21,23)/b14-10+. The van der Waals surface area contributed by atoms with Crippen LogP contribution in [-0.2, 0) is 9.53 Å². The van der Waals surface area contributed by atoms with Crippen LogP contribution in [0.1, 0.15) is 17.7 Å². The highest BCUT2D eigenvalue weighted by Gasteiger charge is 2.18. The molecule has 0 spiro atoms. The van der Waals surface area contributed by atoms with Crippen LogP contribution in [0.15, 0.2) is 42.0 Å². The van der Waals surface area contributed by atoms with Gasteiger partial charge in [-0.3, -0.25) is 14.9 Å². The number of ether oxygens (including phenoxy) is 1. The number of nitrogens with zero attached hydrogens (tertiary/aromatic N) is 2. The predicted molar refractivity (Wildman–Crippen MR) is 102 cm³/mol. The lowest BCUT2D eigenvalue weighted by Gasteiger charge is -2.09. The van der Waals surface area contributed by atoms with Crippen LogP contribution in [0.4, 0.5) is 5.69 Å². The molecule has 0 saturated carbocycles.